The van der Waals surface area contributed by atoms with Crippen molar-refractivity contribution < 1.29 is 13.2 Å². The molecule has 0 aliphatic carbocycles. The SMILES string of the molecule is CS(=O)(=O)N(CC(=O)Nc1ccc(Cl)c(Cl)c1)c1cc(Cl)ccc1Cl. The maximum absolute atomic E-state index is 12.3. The number of nitrogens with one attached hydrogen (secondary N) is 1. The number of carbonyl (C=O) groups is 1. The number of sulfonamides is 1. The Morgan fingerprint density at radius 3 is 2.24 bits per heavy atom. The van der Waals surface area contributed by atoms with Gasteiger partial charge in [0.15, 0.2) is 0 Å². The van der Waals surface area contributed by atoms with Crippen molar-refractivity contribution in [2.45, 2.75) is 0 Å². The fourth-order valence-electron chi connectivity index (χ4n) is 1.96. The average molecular weight is 442 g/mol. The summed E-state index contributed by atoms with van der Waals surface area (Å²) in [6, 6.07) is 8.86. The van der Waals surface area contributed by atoms with Crippen molar-refractivity contribution in [1.82, 2.24) is 0 Å². The lowest BCUT2D eigenvalue weighted by atomic mass is 10.3. The van der Waals surface area contributed by atoms with Crippen LogP contribution in [0.5, 0.6) is 0 Å². The Hall–Kier alpha value is -1.18. The van der Waals surface area contributed by atoms with E-state index in [9.17, 15) is 13.2 Å². The Kier molecular flexibility index (Phi) is 6.45. The Bertz CT molecular complexity index is 919. The molecule has 0 aromatic heterocycles. The average Bonchev–Trinajstić information content (AvgIpc) is 2.50. The zero-order valence-electron chi connectivity index (χ0n) is 12.8. The molecule has 0 spiro atoms. The van der Waals surface area contributed by atoms with Gasteiger partial charge in [-0.05, 0) is 36.4 Å². The van der Waals surface area contributed by atoms with Crippen LogP contribution in [0.3, 0.4) is 0 Å². The third-order valence-electron chi connectivity index (χ3n) is 3.07. The van der Waals surface area contributed by atoms with Gasteiger partial charge in [0.05, 0.1) is 27.0 Å². The molecule has 0 bridgehead atoms. The highest BCUT2D eigenvalue weighted by Gasteiger charge is 2.23. The van der Waals surface area contributed by atoms with E-state index < -0.39 is 22.5 Å². The van der Waals surface area contributed by atoms with Crippen molar-refractivity contribution in [3.8, 4) is 0 Å². The topological polar surface area (TPSA) is 66.5 Å². The first-order valence-corrected chi connectivity index (χ1v) is 10.1. The summed E-state index contributed by atoms with van der Waals surface area (Å²) in [6.07, 6.45) is 0.969. The molecule has 0 unspecified atom stereocenters. The number of halogens is 4. The molecule has 0 heterocycles. The molecule has 0 saturated heterocycles. The highest BCUT2D eigenvalue weighted by atomic mass is 35.5. The summed E-state index contributed by atoms with van der Waals surface area (Å²) in [5, 5.41) is 3.59. The van der Waals surface area contributed by atoms with Gasteiger partial charge >= 0.3 is 0 Å². The number of rotatable bonds is 5. The van der Waals surface area contributed by atoms with Crippen LogP contribution in [0.1, 0.15) is 0 Å². The molecule has 10 heteroatoms. The summed E-state index contributed by atoms with van der Waals surface area (Å²) in [5.74, 6) is -0.583. The number of hydrogen-bond donors (Lipinski definition) is 1. The van der Waals surface area contributed by atoms with Crippen LogP contribution in [-0.4, -0.2) is 27.1 Å². The standard InChI is InChI=1S/C15H12Cl4N2O3S/c1-25(23,24)21(14-6-9(16)2-4-12(14)18)8-15(22)20-10-3-5-11(17)13(19)7-10/h2-7H,8H2,1H3,(H,20,22). The van der Waals surface area contributed by atoms with Gasteiger partial charge < -0.3 is 5.32 Å². The number of anilines is 2. The van der Waals surface area contributed by atoms with Gasteiger partial charge in [-0.25, -0.2) is 8.42 Å². The van der Waals surface area contributed by atoms with E-state index >= 15 is 0 Å². The van der Waals surface area contributed by atoms with Crippen molar-refractivity contribution >= 4 is 73.7 Å². The minimum atomic E-state index is -3.78. The molecule has 2 rings (SSSR count). The minimum absolute atomic E-state index is 0.112. The zero-order valence-corrected chi connectivity index (χ0v) is 16.6. The third-order valence-corrected chi connectivity index (χ3v) is 5.49. The smallest absolute Gasteiger partial charge is 0.245 e. The molecule has 1 amide bonds. The van der Waals surface area contributed by atoms with Crippen molar-refractivity contribution in [3.05, 3.63) is 56.5 Å². The third kappa shape index (κ3) is 5.39. The molecule has 2 aromatic carbocycles. The summed E-state index contributed by atoms with van der Waals surface area (Å²) in [6.45, 7) is -0.487. The van der Waals surface area contributed by atoms with E-state index in [0.29, 0.717) is 10.7 Å². The van der Waals surface area contributed by atoms with Crippen molar-refractivity contribution in [1.29, 1.82) is 0 Å². The first kappa shape index (κ1) is 20.1. The Labute approximate surface area is 165 Å². The fourth-order valence-corrected chi connectivity index (χ4v) is 3.56. The zero-order chi connectivity index (χ0) is 18.8. The van der Waals surface area contributed by atoms with Crippen molar-refractivity contribution in [2.75, 3.05) is 22.4 Å². The van der Waals surface area contributed by atoms with E-state index in [1.165, 1.54) is 30.3 Å². The summed E-state index contributed by atoms with van der Waals surface area (Å²) in [5.41, 5.74) is 0.492. The first-order valence-electron chi connectivity index (χ1n) is 6.75. The Balaban J connectivity index is 2.27. The van der Waals surface area contributed by atoms with Crippen LogP contribution in [0.25, 0.3) is 0 Å². The second-order valence-corrected chi connectivity index (χ2v) is 8.61. The van der Waals surface area contributed by atoms with Gasteiger partial charge in [0.25, 0.3) is 0 Å². The Morgan fingerprint density at radius 2 is 1.64 bits per heavy atom. The molecule has 0 radical (unpaired) electrons. The number of carbonyl (C=O) groups excluding carboxylic acids is 1. The molecule has 1 N–H and O–H groups in total. The summed E-state index contributed by atoms with van der Waals surface area (Å²) < 4.78 is 25.0. The fraction of sp³-hybridized carbons (Fsp3) is 0.133. The van der Waals surface area contributed by atoms with Gasteiger partial charge in [-0.15, -0.1) is 0 Å². The van der Waals surface area contributed by atoms with Crippen LogP contribution in [0.15, 0.2) is 36.4 Å². The van der Waals surface area contributed by atoms with Gasteiger partial charge in [0, 0.05) is 10.7 Å². The quantitative estimate of drug-likeness (QED) is 0.730. The molecule has 25 heavy (non-hydrogen) atoms. The lowest BCUT2D eigenvalue weighted by Crippen LogP contribution is -2.37. The summed E-state index contributed by atoms with van der Waals surface area (Å²) >= 11 is 23.7. The molecular formula is C15H12Cl4N2O3S. The van der Waals surface area contributed by atoms with Crippen LogP contribution in [0, 0.1) is 0 Å². The first-order chi connectivity index (χ1) is 11.6. The van der Waals surface area contributed by atoms with E-state index in [4.69, 9.17) is 46.4 Å². The van der Waals surface area contributed by atoms with E-state index in [0.717, 1.165) is 10.6 Å². The molecular weight excluding hydrogens is 430 g/mol. The monoisotopic (exact) mass is 440 g/mol. The van der Waals surface area contributed by atoms with Gasteiger partial charge in [-0.3, -0.25) is 9.10 Å². The normalized spacial score (nSPS) is 11.2. The lowest BCUT2D eigenvalue weighted by Gasteiger charge is -2.23. The predicted octanol–water partition coefficient (Wildman–Crippen LogP) is 4.70. The highest BCUT2D eigenvalue weighted by molar-refractivity contribution is 7.92. The molecule has 5 nitrogen and oxygen atoms in total. The van der Waals surface area contributed by atoms with Gasteiger partial charge in [0.2, 0.25) is 15.9 Å². The number of hydrogen-bond acceptors (Lipinski definition) is 3. The Morgan fingerprint density at radius 1 is 1.00 bits per heavy atom. The molecule has 0 saturated carbocycles. The van der Waals surface area contributed by atoms with E-state index in [1.54, 1.807) is 6.07 Å². The van der Waals surface area contributed by atoms with Gasteiger partial charge in [0.1, 0.15) is 6.54 Å². The molecule has 2 aromatic rings. The van der Waals surface area contributed by atoms with Crippen LogP contribution >= 0.6 is 46.4 Å². The maximum atomic E-state index is 12.3. The molecule has 0 aliphatic rings. The van der Waals surface area contributed by atoms with Crippen LogP contribution in [0.4, 0.5) is 11.4 Å². The second-order valence-electron chi connectivity index (χ2n) is 5.04. The van der Waals surface area contributed by atoms with E-state index in [1.807, 2.05) is 0 Å². The number of nitrogens with zero attached hydrogens (tertiary/aromatic N) is 1. The molecule has 0 fully saturated rings. The van der Waals surface area contributed by atoms with E-state index in [2.05, 4.69) is 5.32 Å². The number of benzene rings is 2. The number of amides is 1. The van der Waals surface area contributed by atoms with Crippen LogP contribution in [0.2, 0.25) is 20.1 Å². The highest BCUT2D eigenvalue weighted by Crippen LogP contribution is 2.31. The van der Waals surface area contributed by atoms with Crippen molar-refractivity contribution in [3.63, 3.8) is 0 Å². The predicted molar refractivity (Wildman–Crippen MR) is 104 cm³/mol. The second kappa shape index (κ2) is 8.01. The summed E-state index contributed by atoms with van der Waals surface area (Å²) in [7, 11) is -3.78. The van der Waals surface area contributed by atoms with E-state index in [-0.39, 0.29) is 20.8 Å². The largest absolute Gasteiger partial charge is 0.324 e. The van der Waals surface area contributed by atoms with Crippen LogP contribution in [-0.2, 0) is 14.8 Å². The molecule has 134 valence electrons. The minimum Gasteiger partial charge on any atom is -0.324 e. The van der Waals surface area contributed by atoms with Crippen molar-refractivity contribution in [2.24, 2.45) is 0 Å². The molecule has 0 aliphatic heterocycles. The summed E-state index contributed by atoms with van der Waals surface area (Å²) in [4.78, 5) is 12.3. The molecule has 0 atom stereocenters. The van der Waals surface area contributed by atoms with Gasteiger partial charge in [-0.2, -0.15) is 0 Å². The van der Waals surface area contributed by atoms with Crippen LogP contribution < -0.4 is 9.62 Å². The maximum Gasteiger partial charge on any atom is 0.245 e. The van der Waals surface area contributed by atoms with Gasteiger partial charge in [-0.1, -0.05) is 46.4 Å². The lowest BCUT2D eigenvalue weighted by molar-refractivity contribution is -0.114.